The van der Waals surface area contributed by atoms with Crippen molar-refractivity contribution in [2.24, 2.45) is 0 Å². The summed E-state index contributed by atoms with van der Waals surface area (Å²) in [5.41, 5.74) is 3.58. The maximum Gasteiger partial charge on any atom is 0.263 e. The van der Waals surface area contributed by atoms with Gasteiger partial charge in [0.25, 0.3) is 21.8 Å². The smallest absolute Gasteiger partial charge is 0.263 e. The molecule has 2 amide bonds. The van der Waals surface area contributed by atoms with Crippen molar-refractivity contribution in [2.45, 2.75) is 24.7 Å². The number of nitrogens with zero attached hydrogens (tertiary/aromatic N) is 2. The molecule has 1 aromatic heterocycles. The second-order valence-electron chi connectivity index (χ2n) is 7.98. The first-order chi connectivity index (χ1) is 16.4. The van der Waals surface area contributed by atoms with E-state index in [1.807, 2.05) is 18.2 Å². The van der Waals surface area contributed by atoms with Crippen molar-refractivity contribution in [1.29, 1.82) is 0 Å². The van der Waals surface area contributed by atoms with E-state index >= 15 is 0 Å². The first-order valence-corrected chi connectivity index (χ1v) is 13.1. The van der Waals surface area contributed by atoms with E-state index in [-0.39, 0.29) is 23.3 Å². The number of anilines is 1. The number of carbonyl (C=O) groups is 2. The lowest BCUT2D eigenvalue weighted by Crippen LogP contribution is -2.31. The number of imide groups is 1. The number of carbonyl (C=O) groups excluding carboxylic acids is 2. The number of aryl methyl sites for hydroxylation is 1. The van der Waals surface area contributed by atoms with Crippen LogP contribution in [0.15, 0.2) is 71.6 Å². The summed E-state index contributed by atoms with van der Waals surface area (Å²) >= 11 is 1.30. The summed E-state index contributed by atoms with van der Waals surface area (Å²) in [4.78, 5) is 30.7. The maximum absolute atomic E-state index is 12.8. The van der Waals surface area contributed by atoms with Crippen LogP contribution < -0.4 is 4.72 Å². The fourth-order valence-electron chi connectivity index (χ4n) is 3.92. The zero-order chi connectivity index (χ0) is 23.9. The van der Waals surface area contributed by atoms with Crippen molar-refractivity contribution >= 4 is 48.5 Å². The number of hydrogen-bond acceptors (Lipinski definition) is 6. The number of nitrogens with one attached hydrogen (secondary N) is 1. The highest BCUT2D eigenvalue weighted by molar-refractivity contribution is 7.93. The lowest BCUT2D eigenvalue weighted by Gasteiger charge is -2.14. The van der Waals surface area contributed by atoms with E-state index < -0.39 is 10.0 Å². The van der Waals surface area contributed by atoms with Crippen LogP contribution in [0.1, 0.15) is 38.8 Å². The zero-order valence-electron chi connectivity index (χ0n) is 18.3. The van der Waals surface area contributed by atoms with Gasteiger partial charge in [0.1, 0.15) is 0 Å². The molecule has 7 nitrogen and oxygen atoms in total. The summed E-state index contributed by atoms with van der Waals surface area (Å²) in [7, 11) is -3.80. The van der Waals surface area contributed by atoms with Crippen LogP contribution in [0.2, 0.25) is 0 Å². The number of rotatable bonds is 7. The van der Waals surface area contributed by atoms with Crippen LogP contribution >= 0.6 is 11.3 Å². The van der Waals surface area contributed by atoms with Gasteiger partial charge >= 0.3 is 0 Å². The summed E-state index contributed by atoms with van der Waals surface area (Å²) in [5, 5.41) is 0.318. The molecule has 0 unspecified atom stereocenters. The van der Waals surface area contributed by atoms with Gasteiger partial charge in [-0.15, -0.1) is 0 Å². The maximum atomic E-state index is 12.8. The molecule has 1 aliphatic heterocycles. The molecule has 0 spiro atoms. The molecule has 4 aromatic rings. The molecule has 34 heavy (non-hydrogen) atoms. The number of aromatic nitrogens is 1. The highest BCUT2D eigenvalue weighted by Crippen LogP contribution is 2.29. The Kier molecular flexibility index (Phi) is 5.66. The number of benzene rings is 3. The van der Waals surface area contributed by atoms with Gasteiger partial charge in [-0.1, -0.05) is 48.6 Å². The van der Waals surface area contributed by atoms with Gasteiger partial charge in [-0.2, -0.15) is 0 Å². The van der Waals surface area contributed by atoms with Gasteiger partial charge in [-0.05, 0) is 60.4 Å². The van der Waals surface area contributed by atoms with Crippen LogP contribution in [-0.4, -0.2) is 36.7 Å². The van der Waals surface area contributed by atoms with E-state index in [0.717, 1.165) is 22.2 Å². The van der Waals surface area contributed by atoms with Gasteiger partial charge in [0, 0.05) is 6.54 Å². The van der Waals surface area contributed by atoms with Crippen molar-refractivity contribution < 1.29 is 18.0 Å². The molecule has 1 N–H and O–H groups in total. The standard InChI is InChI=1S/C25H21N3O4S2/c1-2-16-9-12-21-22(15-16)33-25(26-21)27-34(31,32)18-10-7-17(8-11-18)13-14-28-23(29)19-5-3-4-6-20(19)24(28)30/h3-12,15H,2,13-14H2,1H3,(H,26,27). The Morgan fingerprint density at radius 1 is 0.912 bits per heavy atom. The minimum atomic E-state index is -3.80. The lowest BCUT2D eigenvalue weighted by molar-refractivity contribution is 0.0656. The number of thiazole rings is 1. The summed E-state index contributed by atoms with van der Waals surface area (Å²) < 4.78 is 29.2. The molecular weight excluding hydrogens is 470 g/mol. The molecule has 0 fully saturated rings. The third kappa shape index (κ3) is 4.08. The Hall–Kier alpha value is -3.56. The van der Waals surface area contributed by atoms with Gasteiger partial charge in [-0.25, -0.2) is 13.4 Å². The topological polar surface area (TPSA) is 96.4 Å². The first-order valence-electron chi connectivity index (χ1n) is 10.8. The highest BCUT2D eigenvalue weighted by Gasteiger charge is 2.34. The van der Waals surface area contributed by atoms with Gasteiger partial charge in [0.2, 0.25) is 0 Å². The van der Waals surface area contributed by atoms with Crippen molar-refractivity contribution in [3.05, 3.63) is 89.0 Å². The number of sulfonamides is 1. The largest absolute Gasteiger partial charge is 0.274 e. The van der Waals surface area contributed by atoms with Crippen molar-refractivity contribution in [2.75, 3.05) is 11.3 Å². The van der Waals surface area contributed by atoms with Crippen LogP contribution in [0.4, 0.5) is 5.13 Å². The molecule has 0 atom stereocenters. The molecule has 0 aliphatic carbocycles. The Morgan fingerprint density at radius 2 is 1.56 bits per heavy atom. The molecular formula is C25H21N3O4S2. The number of fused-ring (bicyclic) bond motifs is 2. The third-order valence-corrected chi connectivity index (χ3v) is 8.24. The predicted molar refractivity (Wildman–Crippen MR) is 132 cm³/mol. The minimum absolute atomic E-state index is 0.116. The molecule has 0 saturated carbocycles. The number of hydrogen-bond donors (Lipinski definition) is 1. The Balaban J connectivity index is 1.26. The van der Waals surface area contributed by atoms with Crippen LogP contribution in [-0.2, 0) is 22.9 Å². The molecule has 2 heterocycles. The molecule has 0 saturated heterocycles. The predicted octanol–water partition coefficient (Wildman–Crippen LogP) is 4.50. The third-order valence-electron chi connectivity index (χ3n) is 5.82. The van der Waals surface area contributed by atoms with Gasteiger partial charge < -0.3 is 0 Å². The Labute approximate surface area is 201 Å². The summed E-state index contributed by atoms with van der Waals surface area (Å²) in [5.74, 6) is -0.600. The molecule has 3 aromatic carbocycles. The molecule has 172 valence electrons. The van der Waals surface area contributed by atoms with Crippen LogP contribution in [0.5, 0.6) is 0 Å². The summed E-state index contributed by atoms with van der Waals surface area (Å²) in [6.07, 6.45) is 1.32. The number of amides is 2. The average molecular weight is 492 g/mol. The van der Waals surface area contributed by atoms with Crippen LogP contribution in [0, 0.1) is 0 Å². The van der Waals surface area contributed by atoms with Crippen LogP contribution in [0.3, 0.4) is 0 Å². The second kappa shape index (κ2) is 8.66. The second-order valence-corrected chi connectivity index (χ2v) is 10.7. The molecule has 0 bridgehead atoms. The van der Waals surface area contributed by atoms with Crippen molar-refractivity contribution in [1.82, 2.24) is 9.88 Å². The van der Waals surface area contributed by atoms with Gasteiger partial charge in [-0.3, -0.25) is 19.2 Å². The summed E-state index contributed by atoms with van der Waals surface area (Å²) in [6.45, 7) is 2.29. The molecule has 5 rings (SSSR count). The van der Waals surface area contributed by atoms with Crippen LogP contribution in [0.25, 0.3) is 10.2 Å². The van der Waals surface area contributed by atoms with Gasteiger partial charge in [0.15, 0.2) is 5.13 Å². The Morgan fingerprint density at radius 3 is 2.21 bits per heavy atom. The highest BCUT2D eigenvalue weighted by atomic mass is 32.2. The SMILES string of the molecule is CCc1ccc2nc(NS(=O)(=O)c3ccc(CCN4C(=O)c5ccccc5C4=O)cc3)sc2c1. The first kappa shape index (κ1) is 22.2. The normalized spacial score (nSPS) is 13.5. The van der Waals surface area contributed by atoms with E-state index in [4.69, 9.17) is 0 Å². The molecule has 1 aliphatic rings. The molecule has 0 radical (unpaired) electrons. The van der Waals surface area contributed by atoms with E-state index in [2.05, 4.69) is 16.6 Å². The Bertz CT molecular complexity index is 1490. The fourth-order valence-corrected chi connectivity index (χ4v) is 6.09. The van der Waals surface area contributed by atoms with Crippen molar-refractivity contribution in [3.63, 3.8) is 0 Å². The van der Waals surface area contributed by atoms with E-state index in [0.29, 0.717) is 22.7 Å². The van der Waals surface area contributed by atoms with E-state index in [1.165, 1.54) is 33.9 Å². The van der Waals surface area contributed by atoms with Crippen molar-refractivity contribution in [3.8, 4) is 0 Å². The minimum Gasteiger partial charge on any atom is -0.274 e. The average Bonchev–Trinajstić information content (AvgIpc) is 3.34. The summed E-state index contributed by atoms with van der Waals surface area (Å²) in [6, 6.07) is 19.1. The lowest BCUT2D eigenvalue weighted by atomic mass is 10.1. The molecule has 9 heteroatoms. The zero-order valence-corrected chi connectivity index (χ0v) is 19.9. The van der Waals surface area contributed by atoms with E-state index in [9.17, 15) is 18.0 Å². The van der Waals surface area contributed by atoms with Gasteiger partial charge in [0.05, 0.1) is 26.2 Å². The van der Waals surface area contributed by atoms with E-state index in [1.54, 1.807) is 36.4 Å². The quantitative estimate of drug-likeness (QED) is 0.384. The fraction of sp³-hybridized carbons (Fsp3) is 0.160. The monoisotopic (exact) mass is 491 g/mol.